The monoisotopic (exact) mass is 751 g/mol. The summed E-state index contributed by atoms with van der Waals surface area (Å²) in [5.41, 5.74) is 8.76. The molecule has 0 saturated carbocycles. The van der Waals surface area contributed by atoms with E-state index in [0.717, 1.165) is 60.9 Å². The fourth-order valence-corrected chi connectivity index (χ4v) is 8.70. The minimum atomic E-state index is 0.589. The van der Waals surface area contributed by atoms with Crippen LogP contribution in [0.15, 0.2) is 205 Å². The van der Waals surface area contributed by atoms with Crippen LogP contribution in [0.3, 0.4) is 0 Å². The summed E-state index contributed by atoms with van der Waals surface area (Å²) in [7, 11) is 0. The number of rotatable bonds is 5. The van der Waals surface area contributed by atoms with E-state index in [0.29, 0.717) is 17.5 Å². The molecule has 2 aromatic heterocycles. The highest BCUT2D eigenvalue weighted by molar-refractivity contribution is 6.15. The van der Waals surface area contributed by atoms with Gasteiger partial charge in [-0.05, 0) is 96.2 Å². The summed E-state index contributed by atoms with van der Waals surface area (Å²) in [6, 6.07) is 70.7. The highest BCUT2D eigenvalue weighted by Crippen LogP contribution is 2.42. The second-order valence-electron chi connectivity index (χ2n) is 15.2. The molecular formula is C55H33N3O. The molecule has 0 aliphatic rings. The average Bonchev–Trinajstić information content (AvgIpc) is 3.69. The van der Waals surface area contributed by atoms with Crippen molar-refractivity contribution in [2.45, 2.75) is 0 Å². The lowest BCUT2D eigenvalue weighted by molar-refractivity contribution is 0.670. The molecule has 0 N–H and O–H groups in total. The van der Waals surface area contributed by atoms with E-state index in [-0.39, 0.29) is 0 Å². The van der Waals surface area contributed by atoms with Gasteiger partial charge in [0.1, 0.15) is 11.2 Å². The molecule has 10 aromatic carbocycles. The summed E-state index contributed by atoms with van der Waals surface area (Å²) in [4.78, 5) is 14.9. The minimum Gasteiger partial charge on any atom is -0.455 e. The van der Waals surface area contributed by atoms with E-state index < -0.39 is 0 Å². The van der Waals surface area contributed by atoms with Crippen molar-refractivity contribution in [2.75, 3.05) is 0 Å². The number of hydrogen-bond donors (Lipinski definition) is 0. The maximum atomic E-state index is 6.97. The highest BCUT2D eigenvalue weighted by Gasteiger charge is 2.19. The van der Waals surface area contributed by atoms with Crippen LogP contribution in [0.2, 0.25) is 0 Å². The zero-order valence-electron chi connectivity index (χ0n) is 31.8. The molecule has 274 valence electrons. The number of hydrogen-bond acceptors (Lipinski definition) is 4. The van der Waals surface area contributed by atoms with Crippen molar-refractivity contribution in [2.24, 2.45) is 0 Å². The molecule has 12 rings (SSSR count). The maximum absolute atomic E-state index is 6.97. The largest absolute Gasteiger partial charge is 0.455 e. The molecule has 2 heterocycles. The molecule has 12 aromatic rings. The smallest absolute Gasteiger partial charge is 0.164 e. The van der Waals surface area contributed by atoms with E-state index in [2.05, 4.69) is 140 Å². The van der Waals surface area contributed by atoms with Crippen molar-refractivity contribution in [3.8, 4) is 56.4 Å². The Morgan fingerprint density at radius 1 is 0.271 bits per heavy atom. The van der Waals surface area contributed by atoms with Crippen LogP contribution >= 0.6 is 0 Å². The van der Waals surface area contributed by atoms with Crippen LogP contribution in [-0.2, 0) is 0 Å². The Bertz CT molecular complexity index is 3550. The zero-order chi connectivity index (χ0) is 38.9. The second-order valence-corrected chi connectivity index (χ2v) is 15.2. The Kier molecular flexibility index (Phi) is 7.50. The number of furan rings is 1. The van der Waals surface area contributed by atoms with Gasteiger partial charge in [0, 0.05) is 33.0 Å². The summed E-state index contributed by atoms with van der Waals surface area (Å²) in [5, 5.41) is 11.9. The number of nitrogens with zero attached hydrogens (tertiary/aromatic N) is 3. The van der Waals surface area contributed by atoms with E-state index in [1.807, 2.05) is 60.7 Å². The van der Waals surface area contributed by atoms with Gasteiger partial charge in [-0.2, -0.15) is 0 Å². The van der Waals surface area contributed by atoms with Crippen molar-refractivity contribution in [1.82, 2.24) is 15.0 Å². The Balaban J connectivity index is 1.07. The lowest BCUT2D eigenvalue weighted by Crippen LogP contribution is -2.00. The van der Waals surface area contributed by atoms with E-state index in [1.54, 1.807) is 0 Å². The van der Waals surface area contributed by atoms with Crippen LogP contribution < -0.4 is 0 Å². The van der Waals surface area contributed by atoms with Gasteiger partial charge in [-0.1, -0.05) is 164 Å². The zero-order valence-corrected chi connectivity index (χ0v) is 31.8. The van der Waals surface area contributed by atoms with Gasteiger partial charge >= 0.3 is 0 Å². The Morgan fingerprint density at radius 2 is 0.763 bits per heavy atom. The number of fused-ring (bicyclic) bond motifs is 9. The van der Waals surface area contributed by atoms with Crippen molar-refractivity contribution in [3.63, 3.8) is 0 Å². The normalized spacial score (nSPS) is 11.7. The molecule has 0 fully saturated rings. The molecule has 0 radical (unpaired) electrons. The molecular weight excluding hydrogens is 719 g/mol. The molecule has 0 amide bonds. The minimum absolute atomic E-state index is 0.589. The first-order chi connectivity index (χ1) is 29.2. The van der Waals surface area contributed by atoms with E-state index in [4.69, 9.17) is 19.4 Å². The first-order valence-electron chi connectivity index (χ1n) is 19.9. The predicted molar refractivity (Wildman–Crippen MR) is 244 cm³/mol. The molecule has 4 nitrogen and oxygen atoms in total. The van der Waals surface area contributed by atoms with Gasteiger partial charge in [0.05, 0.1) is 0 Å². The summed E-state index contributed by atoms with van der Waals surface area (Å²) < 4.78 is 6.97. The van der Waals surface area contributed by atoms with Gasteiger partial charge in [-0.15, -0.1) is 0 Å². The third-order valence-corrected chi connectivity index (χ3v) is 11.7. The Labute approximate surface area is 339 Å². The molecule has 0 aliphatic carbocycles. The first-order valence-corrected chi connectivity index (χ1v) is 19.9. The molecule has 0 aliphatic heterocycles. The molecule has 59 heavy (non-hydrogen) atoms. The van der Waals surface area contributed by atoms with Crippen LogP contribution in [0.5, 0.6) is 0 Å². The van der Waals surface area contributed by atoms with Gasteiger partial charge in [0.25, 0.3) is 0 Å². The van der Waals surface area contributed by atoms with E-state index in [1.165, 1.54) is 43.1 Å². The maximum Gasteiger partial charge on any atom is 0.164 e. The first kappa shape index (κ1) is 33.2. The van der Waals surface area contributed by atoms with Crippen LogP contribution in [-0.4, -0.2) is 15.0 Å². The molecule has 4 heteroatoms. The van der Waals surface area contributed by atoms with Crippen molar-refractivity contribution in [1.29, 1.82) is 0 Å². The topological polar surface area (TPSA) is 51.8 Å². The molecule has 0 bridgehead atoms. The molecule has 0 unspecified atom stereocenters. The molecule has 0 spiro atoms. The predicted octanol–water partition coefficient (Wildman–Crippen LogP) is 14.7. The third-order valence-electron chi connectivity index (χ3n) is 11.7. The SMILES string of the molecule is c1ccc(-c2nc(-c3ccccc3)nc(-c3ccc4c(c3)oc3c(-c5ccc6ccc7ccccc7c6c5)cc(-c5ccc6c(ccc7ccccc76)c5)cc34)n2)cc1. The van der Waals surface area contributed by atoms with Crippen molar-refractivity contribution >= 4 is 65.0 Å². The van der Waals surface area contributed by atoms with Gasteiger partial charge < -0.3 is 4.42 Å². The van der Waals surface area contributed by atoms with Crippen LogP contribution in [0.1, 0.15) is 0 Å². The lowest BCUT2D eigenvalue weighted by Gasteiger charge is -2.11. The second kappa shape index (κ2) is 13.3. The van der Waals surface area contributed by atoms with Crippen molar-refractivity contribution < 1.29 is 4.42 Å². The summed E-state index contributed by atoms with van der Waals surface area (Å²) in [6.07, 6.45) is 0. The summed E-state index contributed by atoms with van der Waals surface area (Å²) in [6.45, 7) is 0. The number of aromatic nitrogens is 3. The third kappa shape index (κ3) is 5.65. The van der Waals surface area contributed by atoms with Gasteiger partial charge in [-0.25, -0.2) is 15.0 Å². The average molecular weight is 752 g/mol. The van der Waals surface area contributed by atoms with Gasteiger partial charge in [0.15, 0.2) is 17.5 Å². The van der Waals surface area contributed by atoms with Crippen LogP contribution in [0, 0.1) is 0 Å². The van der Waals surface area contributed by atoms with E-state index >= 15 is 0 Å². The van der Waals surface area contributed by atoms with Crippen LogP contribution in [0.25, 0.3) is 121 Å². The van der Waals surface area contributed by atoms with Gasteiger partial charge in [0.2, 0.25) is 0 Å². The standard InChI is InChI=1S/C55H33N3O/c1-3-13-37(14-4-1)53-56-54(38-15-5-2-6-16-38)58-55(57-53)42-26-28-47-50-32-43(39-25-27-46-40(29-39)23-21-34-11-7-9-17-44(34)46)31-49(52(50)59-51(47)33-42)41-24-22-36-20-19-35-12-8-10-18-45(35)48(36)30-41/h1-33H. The molecule has 0 atom stereocenters. The Morgan fingerprint density at radius 3 is 1.46 bits per heavy atom. The summed E-state index contributed by atoms with van der Waals surface area (Å²) >= 11 is 0. The molecule has 0 saturated heterocycles. The van der Waals surface area contributed by atoms with E-state index in [9.17, 15) is 0 Å². The number of benzene rings is 10. The fraction of sp³-hybridized carbons (Fsp3) is 0. The van der Waals surface area contributed by atoms with Crippen LogP contribution in [0.4, 0.5) is 0 Å². The quantitative estimate of drug-likeness (QED) is 0.164. The van der Waals surface area contributed by atoms with Gasteiger partial charge in [-0.3, -0.25) is 0 Å². The lowest BCUT2D eigenvalue weighted by atomic mass is 9.92. The van der Waals surface area contributed by atoms with Crippen molar-refractivity contribution in [3.05, 3.63) is 200 Å². The summed E-state index contributed by atoms with van der Waals surface area (Å²) in [5.74, 6) is 1.84. The Hall–Kier alpha value is -7.95. The highest BCUT2D eigenvalue weighted by atomic mass is 16.3. The fourth-order valence-electron chi connectivity index (χ4n) is 8.70.